The lowest BCUT2D eigenvalue weighted by molar-refractivity contribution is -0.0426. The number of amides is 1. The predicted octanol–water partition coefficient (Wildman–Crippen LogP) is 0.900. The van der Waals surface area contributed by atoms with E-state index in [4.69, 9.17) is 14.0 Å². The Balaban J connectivity index is 2.48. The van der Waals surface area contributed by atoms with E-state index in [-0.39, 0.29) is 18.7 Å². The summed E-state index contributed by atoms with van der Waals surface area (Å²) in [6.45, 7) is 6.35. The summed E-state index contributed by atoms with van der Waals surface area (Å²) < 4.78 is 40.6. The van der Waals surface area contributed by atoms with Crippen LogP contribution in [0.5, 0.6) is 0 Å². The molecule has 1 aliphatic heterocycles. The molecule has 1 fully saturated rings. The zero-order chi connectivity index (χ0) is 14.7. The van der Waals surface area contributed by atoms with Gasteiger partial charge in [0, 0.05) is 6.54 Å². The van der Waals surface area contributed by atoms with Crippen molar-refractivity contribution in [1.82, 2.24) is 4.90 Å². The molecule has 0 radical (unpaired) electrons. The van der Waals surface area contributed by atoms with E-state index in [1.54, 1.807) is 20.8 Å². The van der Waals surface area contributed by atoms with E-state index in [1.807, 2.05) is 0 Å². The van der Waals surface area contributed by atoms with Gasteiger partial charge in [-0.15, -0.1) is 0 Å². The van der Waals surface area contributed by atoms with Gasteiger partial charge >= 0.3 is 6.09 Å². The van der Waals surface area contributed by atoms with Crippen LogP contribution >= 0.6 is 0 Å². The van der Waals surface area contributed by atoms with E-state index >= 15 is 0 Å². The molecule has 112 valence electrons. The third kappa shape index (κ3) is 6.74. The zero-order valence-electron chi connectivity index (χ0n) is 11.5. The minimum absolute atomic E-state index is 0.151. The number of morpholine rings is 1. The number of nitrogens with zero attached hydrogens (tertiary/aromatic N) is 1. The fraction of sp³-hybridized carbons (Fsp3) is 0.909. The van der Waals surface area contributed by atoms with E-state index < -0.39 is 27.9 Å². The Kier molecular flexibility index (Phi) is 5.17. The fourth-order valence-electron chi connectivity index (χ4n) is 1.67. The van der Waals surface area contributed by atoms with Gasteiger partial charge in [-0.3, -0.25) is 4.55 Å². The SMILES string of the molecule is CC(C)(C)OC(=O)N1CCOC(CCS(=O)(=O)O)C1. The van der Waals surface area contributed by atoms with Crippen LogP contribution < -0.4 is 0 Å². The highest BCUT2D eigenvalue weighted by Crippen LogP contribution is 2.14. The van der Waals surface area contributed by atoms with Gasteiger partial charge in [-0.05, 0) is 27.2 Å². The molecular weight excluding hydrogens is 274 g/mol. The Morgan fingerprint density at radius 2 is 2.11 bits per heavy atom. The molecule has 1 rings (SSSR count). The van der Waals surface area contributed by atoms with E-state index in [0.717, 1.165) is 0 Å². The molecule has 8 heteroatoms. The van der Waals surface area contributed by atoms with E-state index in [9.17, 15) is 13.2 Å². The summed E-state index contributed by atoms with van der Waals surface area (Å²) in [5.74, 6) is -0.375. The molecule has 0 aromatic carbocycles. The van der Waals surface area contributed by atoms with Gasteiger partial charge in [0.15, 0.2) is 0 Å². The molecule has 1 amide bonds. The number of carbonyl (C=O) groups excluding carboxylic acids is 1. The normalized spacial score (nSPS) is 21.3. The van der Waals surface area contributed by atoms with Crippen LogP contribution in [0.2, 0.25) is 0 Å². The minimum atomic E-state index is -4.00. The van der Waals surface area contributed by atoms with Crippen LogP contribution in [0, 0.1) is 0 Å². The van der Waals surface area contributed by atoms with Gasteiger partial charge in [-0.1, -0.05) is 0 Å². The lowest BCUT2D eigenvalue weighted by atomic mass is 10.2. The summed E-state index contributed by atoms with van der Waals surface area (Å²) in [4.78, 5) is 13.3. The molecule has 0 saturated carbocycles. The van der Waals surface area contributed by atoms with Crippen molar-refractivity contribution in [3.05, 3.63) is 0 Å². The second-order valence-corrected chi connectivity index (χ2v) is 7.07. The van der Waals surface area contributed by atoms with Crippen molar-refractivity contribution < 1.29 is 27.2 Å². The largest absolute Gasteiger partial charge is 0.444 e. The summed E-state index contributed by atoms with van der Waals surface area (Å²) in [6.07, 6.45) is -0.686. The topological polar surface area (TPSA) is 93.1 Å². The van der Waals surface area contributed by atoms with Crippen molar-refractivity contribution in [1.29, 1.82) is 0 Å². The van der Waals surface area contributed by atoms with Gasteiger partial charge in [-0.2, -0.15) is 8.42 Å². The third-order valence-electron chi connectivity index (χ3n) is 2.49. The van der Waals surface area contributed by atoms with E-state index in [2.05, 4.69) is 0 Å². The lowest BCUT2D eigenvalue weighted by Gasteiger charge is -2.34. The van der Waals surface area contributed by atoms with Crippen LogP contribution in [-0.4, -0.2) is 61.1 Å². The maximum atomic E-state index is 11.8. The van der Waals surface area contributed by atoms with Crippen LogP contribution in [0.4, 0.5) is 4.79 Å². The van der Waals surface area contributed by atoms with Crippen molar-refractivity contribution >= 4 is 16.2 Å². The lowest BCUT2D eigenvalue weighted by Crippen LogP contribution is -2.47. The number of hydrogen-bond acceptors (Lipinski definition) is 5. The van der Waals surface area contributed by atoms with Crippen LogP contribution in [0.3, 0.4) is 0 Å². The van der Waals surface area contributed by atoms with Gasteiger partial charge in [0.05, 0.1) is 25.0 Å². The Hall–Kier alpha value is -0.860. The molecule has 0 aromatic rings. The second-order valence-electron chi connectivity index (χ2n) is 5.49. The number of hydrogen-bond donors (Lipinski definition) is 1. The molecule has 1 unspecified atom stereocenters. The van der Waals surface area contributed by atoms with Crippen LogP contribution in [0.25, 0.3) is 0 Å². The van der Waals surface area contributed by atoms with Gasteiger partial charge in [0.25, 0.3) is 10.1 Å². The smallest absolute Gasteiger partial charge is 0.410 e. The van der Waals surface area contributed by atoms with Gasteiger partial charge in [0.1, 0.15) is 5.60 Å². The molecule has 0 aromatic heterocycles. The van der Waals surface area contributed by atoms with Gasteiger partial charge in [-0.25, -0.2) is 4.79 Å². The van der Waals surface area contributed by atoms with Crippen LogP contribution in [0.15, 0.2) is 0 Å². The summed E-state index contributed by atoms with van der Waals surface area (Å²) >= 11 is 0. The van der Waals surface area contributed by atoms with Crippen molar-refractivity contribution in [2.24, 2.45) is 0 Å². The molecule has 1 aliphatic rings. The summed E-state index contributed by atoms with van der Waals surface area (Å²) in [5, 5.41) is 0. The fourth-order valence-corrected chi connectivity index (χ4v) is 2.23. The van der Waals surface area contributed by atoms with E-state index in [0.29, 0.717) is 13.2 Å². The molecular formula is C11H21NO6S. The Morgan fingerprint density at radius 3 is 2.63 bits per heavy atom. The van der Waals surface area contributed by atoms with Crippen molar-refractivity contribution in [3.63, 3.8) is 0 Å². The first-order valence-corrected chi connectivity index (χ1v) is 7.72. The summed E-state index contributed by atoms with van der Waals surface area (Å²) in [7, 11) is -4.00. The zero-order valence-corrected chi connectivity index (χ0v) is 12.3. The minimum Gasteiger partial charge on any atom is -0.444 e. The van der Waals surface area contributed by atoms with Crippen molar-refractivity contribution in [2.45, 2.75) is 38.9 Å². The highest BCUT2D eigenvalue weighted by molar-refractivity contribution is 7.85. The predicted molar refractivity (Wildman–Crippen MR) is 68.6 cm³/mol. The molecule has 1 N–H and O–H groups in total. The summed E-state index contributed by atoms with van der Waals surface area (Å²) in [6, 6.07) is 0. The Labute approximate surface area is 113 Å². The molecule has 1 heterocycles. The monoisotopic (exact) mass is 295 g/mol. The standard InChI is InChI=1S/C11H21NO6S/c1-11(2,3)18-10(13)12-5-6-17-9(8-12)4-7-19(14,15)16/h9H,4-8H2,1-3H3,(H,14,15,16). The average Bonchev–Trinajstić information content (AvgIpc) is 2.23. The molecule has 0 bridgehead atoms. The first kappa shape index (κ1) is 16.2. The summed E-state index contributed by atoms with van der Waals surface area (Å²) in [5.41, 5.74) is -0.570. The number of ether oxygens (including phenoxy) is 2. The highest BCUT2D eigenvalue weighted by Gasteiger charge is 2.28. The molecule has 1 saturated heterocycles. The quantitative estimate of drug-likeness (QED) is 0.778. The van der Waals surface area contributed by atoms with Crippen molar-refractivity contribution in [3.8, 4) is 0 Å². The first-order chi connectivity index (χ1) is 8.57. The maximum Gasteiger partial charge on any atom is 0.410 e. The molecule has 0 aliphatic carbocycles. The Morgan fingerprint density at radius 1 is 1.47 bits per heavy atom. The maximum absolute atomic E-state index is 11.8. The average molecular weight is 295 g/mol. The highest BCUT2D eigenvalue weighted by atomic mass is 32.2. The molecule has 7 nitrogen and oxygen atoms in total. The van der Waals surface area contributed by atoms with E-state index in [1.165, 1.54) is 4.90 Å². The first-order valence-electron chi connectivity index (χ1n) is 6.11. The Bertz CT molecular complexity index is 413. The number of carbonyl (C=O) groups is 1. The molecule has 0 spiro atoms. The van der Waals surface area contributed by atoms with Gasteiger partial charge < -0.3 is 14.4 Å². The van der Waals surface area contributed by atoms with Crippen molar-refractivity contribution in [2.75, 3.05) is 25.4 Å². The molecule has 1 atom stereocenters. The number of rotatable bonds is 3. The molecule has 19 heavy (non-hydrogen) atoms. The van der Waals surface area contributed by atoms with Gasteiger partial charge in [0.2, 0.25) is 0 Å². The second kappa shape index (κ2) is 6.06. The third-order valence-corrected chi connectivity index (χ3v) is 3.24. The van der Waals surface area contributed by atoms with Crippen LogP contribution in [-0.2, 0) is 19.6 Å². The van der Waals surface area contributed by atoms with Crippen LogP contribution in [0.1, 0.15) is 27.2 Å².